The van der Waals surface area contributed by atoms with Gasteiger partial charge in [0, 0.05) is 53.4 Å². The lowest BCUT2D eigenvalue weighted by atomic mass is 9.70. The summed E-state index contributed by atoms with van der Waals surface area (Å²) in [5.74, 6) is 0.217. The highest BCUT2D eigenvalue weighted by Gasteiger charge is 2.56. The molecule has 1 atom stereocenters. The number of fused-ring (bicyclic) bond motifs is 4. The number of hydrogen-bond acceptors (Lipinski definition) is 5. The van der Waals surface area contributed by atoms with Crippen molar-refractivity contribution < 1.29 is 27.4 Å². The van der Waals surface area contributed by atoms with E-state index in [1.54, 1.807) is 25.3 Å². The third kappa shape index (κ3) is 4.21. The minimum Gasteiger partial charge on any atom is -0.497 e. The number of nitrogens with zero attached hydrogens (tertiary/aromatic N) is 2. The normalized spacial score (nSPS) is 18.4. The molecule has 9 nitrogen and oxygen atoms in total. The molecule has 0 aliphatic carbocycles. The number of ether oxygens (including phenoxy) is 1. The number of aliphatic hydroxyl groups is 1. The highest BCUT2D eigenvalue weighted by Crippen LogP contribution is 2.49. The highest BCUT2D eigenvalue weighted by atomic mass is 32.2. The number of H-pyrrole nitrogens is 1. The number of aryl methyl sites for hydroxylation is 1. The lowest BCUT2D eigenvalue weighted by molar-refractivity contribution is 0.0550. The molecule has 1 fully saturated rings. The van der Waals surface area contributed by atoms with Gasteiger partial charge in [-0.15, -0.1) is 0 Å². The Balaban J connectivity index is 1.41. The van der Waals surface area contributed by atoms with Crippen molar-refractivity contribution in [2.75, 3.05) is 38.7 Å². The van der Waals surface area contributed by atoms with Crippen LogP contribution in [0.3, 0.4) is 0 Å². The molecule has 0 bridgehead atoms. The van der Waals surface area contributed by atoms with Crippen LogP contribution in [0.25, 0.3) is 10.9 Å². The van der Waals surface area contributed by atoms with E-state index in [0.717, 1.165) is 22.0 Å². The van der Waals surface area contributed by atoms with Gasteiger partial charge in [-0.05, 0) is 66.6 Å². The van der Waals surface area contributed by atoms with Crippen LogP contribution in [0.15, 0.2) is 71.6 Å². The summed E-state index contributed by atoms with van der Waals surface area (Å²) in [6.07, 6.45) is 0. The molecule has 3 aromatic carbocycles. The van der Waals surface area contributed by atoms with Gasteiger partial charge in [0.15, 0.2) is 0 Å². The monoisotopic (exact) mass is 564 g/mol. The standard InChI is InChI=1S/C29H29FN4O5S/c1-18-4-3-5-22(12-18)40(37,38)33-15-29(16-33)17-34(28(36)31-20-8-6-19(30)7-9-20)25(14-35)27-26(29)23-11-10-21(39-2)13-24(23)32-27/h3-13,25,32,35H,14-17H2,1-2H3,(H,31,36)/t25-/m1/s1. The predicted molar refractivity (Wildman–Crippen MR) is 148 cm³/mol. The zero-order chi connectivity index (χ0) is 28.2. The Bertz CT molecular complexity index is 1710. The SMILES string of the molecule is COc1ccc2c3c([nH]c2c1)[C@@H](CO)N(C(=O)Nc1ccc(F)cc1)CC31CN(S(=O)(=O)c2cccc(C)c2)C1. The quantitative estimate of drug-likeness (QED) is 0.337. The van der Waals surface area contributed by atoms with Gasteiger partial charge in [-0.1, -0.05) is 12.1 Å². The number of amides is 2. The Kier molecular flexibility index (Phi) is 6.32. The van der Waals surface area contributed by atoms with E-state index in [0.29, 0.717) is 17.1 Å². The number of benzene rings is 3. The van der Waals surface area contributed by atoms with Crippen molar-refractivity contribution in [1.29, 1.82) is 0 Å². The number of sulfonamides is 1. The Labute approximate surface area is 231 Å². The molecular weight excluding hydrogens is 535 g/mol. The molecule has 3 N–H and O–H groups in total. The second-order valence-corrected chi connectivity index (χ2v) is 12.4. The number of halogens is 1. The van der Waals surface area contributed by atoms with Crippen molar-refractivity contribution >= 4 is 32.6 Å². The Morgan fingerprint density at radius 1 is 1.12 bits per heavy atom. The van der Waals surface area contributed by atoms with Crippen LogP contribution in [0.2, 0.25) is 0 Å². The summed E-state index contributed by atoms with van der Waals surface area (Å²) in [7, 11) is -2.19. The third-order valence-electron chi connectivity index (χ3n) is 7.86. The molecule has 0 radical (unpaired) electrons. The van der Waals surface area contributed by atoms with Crippen LogP contribution < -0.4 is 10.1 Å². The van der Waals surface area contributed by atoms with E-state index >= 15 is 0 Å². The van der Waals surface area contributed by atoms with E-state index in [1.165, 1.54) is 33.5 Å². The van der Waals surface area contributed by atoms with E-state index in [1.807, 2.05) is 31.2 Å². The summed E-state index contributed by atoms with van der Waals surface area (Å²) in [5, 5.41) is 14.2. The summed E-state index contributed by atoms with van der Waals surface area (Å²) in [4.78, 5) is 18.7. The van der Waals surface area contributed by atoms with Crippen molar-refractivity contribution in [2.24, 2.45) is 0 Å². The number of carbonyl (C=O) groups excluding carboxylic acids is 1. The zero-order valence-corrected chi connectivity index (χ0v) is 22.8. The third-order valence-corrected chi connectivity index (χ3v) is 9.65. The number of anilines is 1. The average Bonchev–Trinajstić information content (AvgIpc) is 3.31. The van der Waals surface area contributed by atoms with Gasteiger partial charge in [-0.3, -0.25) is 0 Å². The molecule has 4 aromatic rings. The molecule has 40 heavy (non-hydrogen) atoms. The summed E-state index contributed by atoms with van der Waals surface area (Å²) in [6, 6.07) is 16.6. The van der Waals surface area contributed by atoms with Gasteiger partial charge in [0.05, 0.1) is 24.7 Å². The fraction of sp³-hybridized carbons (Fsp3) is 0.276. The minimum absolute atomic E-state index is 0.160. The summed E-state index contributed by atoms with van der Waals surface area (Å²) in [6.45, 7) is 1.99. The number of aromatic amines is 1. The first-order valence-corrected chi connectivity index (χ1v) is 14.3. The smallest absolute Gasteiger partial charge is 0.322 e. The van der Waals surface area contributed by atoms with E-state index in [-0.39, 0.29) is 31.1 Å². The Hall–Kier alpha value is -3.93. The first-order chi connectivity index (χ1) is 19.1. The summed E-state index contributed by atoms with van der Waals surface area (Å²) >= 11 is 0. The molecule has 1 spiro atoms. The molecule has 1 saturated heterocycles. The number of methoxy groups -OCH3 is 1. The van der Waals surface area contributed by atoms with Crippen molar-refractivity contribution in [2.45, 2.75) is 23.3 Å². The van der Waals surface area contributed by atoms with E-state index in [2.05, 4.69) is 10.3 Å². The molecule has 6 rings (SSSR count). The minimum atomic E-state index is -3.76. The number of carbonyl (C=O) groups is 1. The maximum atomic E-state index is 13.6. The van der Waals surface area contributed by atoms with E-state index in [9.17, 15) is 22.7 Å². The maximum absolute atomic E-state index is 13.6. The summed E-state index contributed by atoms with van der Waals surface area (Å²) in [5.41, 5.74) is 2.84. The van der Waals surface area contributed by atoms with E-state index < -0.39 is 33.3 Å². The largest absolute Gasteiger partial charge is 0.497 e. The van der Waals surface area contributed by atoms with Crippen LogP contribution in [-0.2, 0) is 15.4 Å². The first kappa shape index (κ1) is 26.3. The number of aliphatic hydroxyl groups excluding tert-OH is 1. The molecule has 1 aromatic heterocycles. The molecule has 2 aliphatic rings. The van der Waals surface area contributed by atoms with Gasteiger partial charge in [-0.25, -0.2) is 17.6 Å². The maximum Gasteiger partial charge on any atom is 0.322 e. The predicted octanol–water partition coefficient (Wildman–Crippen LogP) is 4.15. The number of nitrogens with one attached hydrogen (secondary N) is 2. The van der Waals surface area contributed by atoms with Crippen molar-refractivity contribution in [1.82, 2.24) is 14.2 Å². The number of rotatable bonds is 5. The van der Waals surface area contributed by atoms with Crippen LogP contribution in [0.1, 0.15) is 22.9 Å². The molecule has 0 unspecified atom stereocenters. The number of urea groups is 1. The van der Waals surface area contributed by atoms with Crippen LogP contribution in [0.4, 0.5) is 14.9 Å². The number of hydrogen-bond donors (Lipinski definition) is 3. The Morgan fingerprint density at radius 2 is 1.88 bits per heavy atom. The molecule has 3 heterocycles. The molecule has 208 valence electrons. The van der Waals surface area contributed by atoms with Crippen LogP contribution >= 0.6 is 0 Å². The van der Waals surface area contributed by atoms with Crippen LogP contribution in [0, 0.1) is 12.7 Å². The molecule has 0 saturated carbocycles. The molecule has 2 amide bonds. The van der Waals surface area contributed by atoms with Crippen molar-refractivity contribution in [3.63, 3.8) is 0 Å². The fourth-order valence-electron chi connectivity index (χ4n) is 5.93. The van der Waals surface area contributed by atoms with E-state index in [4.69, 9.17) is 4.74 Å². The van der Waals surface area contributed by atoms with Crippen LogP contribution in [-0.4, -0.2) is 67.1 Å². The summed E-state index contributed by atoms with van der Waals surface area (Å²) < 4.78 is 47.3. The highest BCUT2D eigenvalue weighted by molar-refractivity contribution is 7.89. The van der Waals surface area contributed by atoms with Crippen molar-refractivity contribution in [3.05, 3.63) is 89.4 Å². The second-order valence-electron chi connectivity index (χ2n) is 10.5. The van der Waals surface area contributed by atoms with Gasteiger partial charge in [0.2, 0.25) is 10.0 Å². The van der Waals surface area contributed by atoms with Gasteiger partial charge < -0.3 is 25.0 Å². The van der Waals surface area contributed by atoms with Gasteiger partial charge in [-0.2, -0.15) is 4.31 Å². The second kappa shape index (κ2) is 9.61. The first-order valence-electron chi connectivity index (χ1n) is 12.9. The lowest BCUT2D eigenvalue weighted by Crippen LogP contribution is -2.68. The fourth-order valence-corrected chi connectivity index (χ4v) is 7.65. The van der Waals surface area contributed by atoms with Gasteiger partial charge >= 0.3 is 6.03 Å². The van der Waals surface area contributed by atoms with Crippen molar-refractivity contribution in [3.8, 4) is 5.75 Å². The number of aromatic nitrogens is 1. The van der Waals surface area contributed by atoms with Gasteiger partial charge in [0.25, 0.3) is 0 Å². The topological polar surface area (TPSA) is 115 Å². The zero-order valence-electron chi connectivity index (χ0n) is 22.0. The molecule has 11 heteroatoms. The van der Waals surface area contributed by atoms with Gasteiger partial charge in [0.1, 0.15) is 11.6 Å². The Morgan fingerprint density at radius 3 is 2.55 bits per heavy atom. The lowest BCUT2D eigenvalue weighted by Gasteiger charge is -2.55. The average molecular weight is 565 g/mol. The molecule has 2 aliphatic heterocycles. The van der Waals surface area contributed by atoms with Crippen LogP contribution in [0.5, 0.6) is 5.75 Å². The molecular formula is C29H29FN4O5S.